The monoisotopic (exact) mass is 384 g/mol. The van der Waals surface area contributed by atoms with E-state index in [1.54, 1.807) is 0 Å². The second kappa shape index (κ2) is 7.09. The highest BCUT2D eigenvalue weighted by molar-refractivity contribution is 9.10. The van der Waals surface area contributed by atoms with Crippen molar-refractivity contribution in [1.29, 1.82) is 0 Å². The topological polar surface area (TPSA) is 33.1 Å². The normalized spacial score (nSPS) is 10.7. The van der Waals surface area contributed by atoms with Gasteiger partial charge in [0.25, 0.3) is 0 Å². The molecule has 3 aromatic rings. The first kappa shape index (κ1) is 16.6. The second-order valence-corrected chi connectivity index (χ2v) is 6.86. The summed E-state index contributed by atoms with van der Waals surface area (Å²) in [6.45, 7) is 0.748. The third-order valence-corrected chi connectivity index (χ3v) is 4.56. The summed E-state index contributed by atoms with van der Waals surface area (Å²) in [7, 11) is 6.12. The minimum absolute atomic E-state index is 0.748. The van der Waals surface area contributed by atoms with Gasteiger partial charge in [-0.05, 0) is 35.4 Å². The van der Waals surface area contributed by atoms with Crippen LogP contribution in [0.15, 0.2) is 59.2 Å². The number of benzene rings is 2. The van der Waals surface area contributed by atoms with Gasteiger partial charge in [-0.25, -0.2) is 4.98 Å². The molecule has 0 unspecified atom stereocenters. The van der Waals surface area contributed by atoms with Crippen molar-refractivity contribution < 1.29 is 0 Å². The smallest absolute Gasteiger partial charge is 0.203 e. The van der Waals surface area contributed by atoms with Crippen LogP contribution in [0.4, 0.5) is 11.6 Å². The number of anilines is 2. The summed E-state index contributed by atoms with van der Waals surface area (Å²) >= 11 is 3.47. The highest BCUT2D eigenvalue weighted by atomic mass is 79.9. The van der Waals surface area contributed by atoms with Crippen molar-refractivity contribution in [2.45, 2.75) is 6.54 Å². The summed E-state index contributed by atoms with van der Waals surface area (Å²) in [5, 5.41) is 3.41. The van der Waals surface area contributed by atoms with Gasteiger partial charge in [-0.15, -0.1) is 0 Å². The van der Waals surface area contributed by atoms with Gasteiger partial charge in [-0.2, -0.15) is 0 Å². The molecule has 0 saturated carbocycles. The summed E-state index contributed by atoms with van der Waals surface area (Å²) in [4.78, 5) is 6.60. The average Bonchev–Trinajstić information content (AvgIpc) is 2.95. The van der Waals surface area contributed by atoms with Crippen LogP contribution in [0, 0.1) is 0 Å². The van der Waals surface area contributed by atoms with E-state index in [4.69, 9.17) is 0 Å². The van der Waals surface area contributed by atoms with Crippen LogP contribution in [0.3, 0.4) is 0 Å². The highest BCUT2D eigenvalue weighted by Gasteiger charge is 2.08. The second-order valence-electron chi connectivity index (χ2n) is 5.95. The first-order valence-electron chi connectivity index (χ1n) is 7.82. The van der Waals surface area contributed by atoms with Crippen LogP contribution in [-0.2, 0) is 13.6 Å². The third-order valence-electron chi connectivity index (χ3n) is 4.03. The SMILES string of the molecule is CN(C)c1ccc(CNc2ncc(-c3ccc(Br)cc3)n2C)cc1. The van der Waals surface area contributed by atoms with Gasteiger partial charge >= 0.3 is 0 Å². The molecular formula is C19H21BrN4. The molecule has 0 aliphatic carbocycles. The van der Waals surface area contributed by atoms with Crippen LogP contribution in [0.25, 0.3) is 11.3 Å². The molecule has 4 nitrogen and oxygen atoms in total. The maximum absolute atomic E-state index is 4.51. The van der Waals surface area contributed by atoms with Gasteiger partial charge in [-0.1, -0.05) is 40.2 Å². The van der Waals surface area contributed by atoms with Crippen molar-refractivity contribution in [2.24, 2.45) is 7.05 Å². The van der Waals surface area contributed by atoms with E-state index in [0.717, 1.165) is 28.2 Å². The molecule has 0 spiro atoms. The molecule has 1 N–H and O–H groups in total. The number of nitrogens with zero attached hydrogens (tertiary/aromatic N) is 3. The summed E-state index contributed by atoms with van der Waals surface area (Å²) in [6.07, 6.45) is 1.90. The van der Waals surface area contributed by atoms with Crippen molar-refractivity contribution >= 4 is 27.6 Å². The predicted octanol–water partition coefficient (Wildman–Crippen LogP) is 4.53. The molecule has 0 bridgehead atoms. The van der Waals surface area contributed by atoms with Gasteiger partial charge in [0, 0.05) is 37.8 Å². The predicted molar refractivity (Wildman–Crippen MR) is 104 cm³/mol. The Kier molecular flexibility index (Phi) is 4.90. The van der Waals surface area contributed by atoms with Gasteiger partial charge in [0.15, 0.2) is 0 Å². The lowest BCUT2D eigenvalue weighted by Crippen LogP contribution is -2.09. The van der Waals surface area contributed by atoms with Crippen LogP contribution in [0.5, 0.6) is 0 Å². The summed E-state index contributed by atoms with van der Waals surface area (Å²) < 4.78 is 3.16. The Bertz CT molecular complexity index is 804. The number of halogens is 1. The molecule has 0 fully saturated rings. The minimum atomic E-state index is 0.748. The van der Waals surface area contributed by atoms with E-state index in [1.165, 1.54) is 11.3 Å². The van der Waals surface area contributed by atoms with Crippen LogP contribution in [0.2, 0.25) is 0 Å². The molecule has 0 saturated heterocycles. The van der Waals surface area contributed by atoms with Crippen LogP contribution < -0.4 is 10.2 Å². The molecule has 1 aromatic heterocycles. The van der Waals surface area contributed by atoms with Gasteiger partial charge in [0.1, 0.15) is 0 Å². The number of imidazole rings is 1. The van der Waals surface area contributed by atoms with Crippen molar-refractivity contribution in [3.05, 3.63) is 64.8 Å². The first-order chi connectivity index (χ1) is 11.5. The third kappa shape index (κ3) is 3.62. The zero-order valence-electron chi connectivity index (χ0n) is 14.1. The number of hydrogen-bond donors (Lipinski definition) is 1. The molecule has 0 amide bonds. The van der Waals surface area contributed by atoms with Crippen LogP contribution in [-0.4, -0.2) is 23.6 Å². The molecule has 0 aliphatic rings. The quantitative estimate of drug-likeness (QED) is 0.701. The van der Waals surface area contributed by atoms with Crippen molar-refractivity contribution in [2.75, 3.05) is 24.3 Å². The van der Waals surface area contributed by atoms with Gasteiger partial charge in [0.05, 0.1) is 11.9 Å². The number of nitrogens with one attached hydrogen (secondary N) is 1. The lowest BCUT2D eigenvalue weighted by Gasteiger charge is -2.13. The van der Waals surface area contributed by atoms with Gasteiger partial charge in [-0.3, -0.25) is 0 Å². The van der Waals surface area contributed by atoms with Crippen molar-refractivity contribution in [1.82, 2.24) is 9.55 Å². The molecule has 1 heterocycles. The Hall–Kier alpha value is -2.27. The van der Waals surface area contributed by atoms with E-state index in [0.29, 0.717) is 0 Å². The van der Waals surface area contributed by atoms with Crippen LogP contribution in [0.1, 0.15) is 5.56 Å². The zero-order chi connectivity index (χ0) is 17.1. The number of hydrogen-bond acceptors (Lipinski definition) is 3. The fourth-order valence-corrected chi connectivity index (χ4v) is 2.82. The van der Waals surface area contributed by atoms with Gasteiger partial charge < -0.3 is 14.8 Å². The van der Waals surface area contributed by atoms with E-state index in [-0.39, 0.29) is 0 Å². The average molecular weight is 385 g/mol. The van der Waals surface area contributed by atoms with Crippen molar-refractivity contribution in [3.8, 4) is 11.3 Å². The molecule has 124 valence electrons. The lowest BCUT2D eigenvalue weighted by molar-refractivity contribution is 0.906. The fourth-order valence-electron chi connectivity index (χ4n) is 2.56. The Morgan fingerprint density at radius 3 is 2.33 bits per heavy atom. The zero-order valence-corrected chi connectivity index (χ0v) is 15.7. The minimum Gasteiger partial charge on any atom is -0.378 e. The Morgan fingerprint density at radius 1 is 1.04 bits per heavy atom. The lowest BCUT2D eigenvalue weighted by atomic mass is 10.2. The molecule has 24 heavy (non-hydrogen) atoms. The van der Waals surface area contributed by atoms with Crippen LogP contribution >= 0.6 is 15.9 Å². The fraction of sp³-hybridized carbons (Fsp3) is 0.211. The van der Waals surface area contributed by atoms with Gasteiger partial charge in [0.2, 0.25) is 5.95 Å². The Balaban J connectivity index is 1.71. The first-order valence-corrected chi connectivity index (χ1v) is 8.61. The molecule has 0 radical (unpaired) electrons. The van der Waals surface area contributed by atoms with Crippen molar-refractivity contribution in [3.63, 3.8) is 0 Å². The van der Waals surface area contributed by atoms with E-state index >= 15 is 0 Å². The Labute approximate surface area is 151 Å². The molecule has 0 aliphatic heterocycles. The molecule has 5 heteroatoms. The number of aromatic nitrogens is 2. The maximum Gasteiger partial charge on any atom is 0.203 e. The molecule has 3 rings (SSSR count). The maximum atomic E-state index is 4.51. The highest BCUT2D eigenvalue weighted by Crippen LogP contribution is 2.24. The summed E-state index contributed by atoms with van der Waals surface area (Å²) in [5.41, 5.74) is 4.67. The molecule has 2 aromatic carbocycles. The summed E-state index contributed by atoms with van der Waals surface area (Å²) in [5.74, 6) is 0.865. The Morgan fingerprint density at radius 2 is 1.71 bits per heavy atom. The number of rotatable bonds is 5. The largest absolute Gasteiger partial charge is 0.378 e. The molecular weight excluding hydrogens is 364 g/mol. The van der Waals surface area contributed by atoms with E-state index < -0.39 is 0 Å². The standard InChI is InChI=1S/C19H21BrN4/c1-23(2)17-10-4-14(5-11-17)12-21-19-22-13-18(24(19)3)15-6-8-16(20)9-7-15/h4-11,13H,12H2,1-3H3,(H,21,22). The van der Waals surface area contributed by atoms with E-state index in [9.17, 15) is 0 Å². The summed E-state index contributed by atoms with van der Waals surface area (Å²) in [6, 6.07) is 16.8. The van der Waals surface area contributed by atoms with E-state index in [1.807, 2.05) is 39.5 Å². The molecule has 0 atom stereocenters. The van der Waals surface area contributed by atoms with E-state index in [2.05, 4.69) is 72.1 Å².